The number of hydrogen-bond acceptors (Lipinski definition) is 3. The van der Waals surface area contributed by atoms with Gasteiger partial charge in [-0.05, 0) is 32.0 Å². The highest BCUT2D eigenvalue weighted by Gasteiger charge is 2.31. The van der Waals surface area contributed by atoms with Gasteiger partial charge in [0.05, 0.1) is 16.3 Å². The van der Waals surface area contributed by atoms with Crippen molar-refractivity contribution in [2.24, 2.45) is 0 Å². The Morgan fingerprint density at radius 1 is 1.35 bits per heavy atom. The molecule has 0 amide bonds. The molecular weight excluding hydrogens is 236 g/mol. The zero-order chi connectivity index (χ0) is 12.3. The molecule has 1 aromatic rings. The number of hydrogen-bond donors (Lipinski definition) is 2. The summed E-state index contributed by atoms with van der Waals surface area (Å²) in [5, 5.41) is 14.1. The zero-order valence-electron chi connectivity index (χ0n) is 10.1. The number of para-hydroxylation sites is 1. The van der Waals surface area contributed by atoms with E-state index in [1.165, 1.54) is 0 Å². The molecule has 94 valence electrons. The monoisotopic (exact) mass is 254 g/mol. The van der Waals surface area contributed by atoms with Gasteiger partial charge in [-0.15, -0.1) is 0 Å². The van der Waals surface area contributed by atoms with Gasteiger partial charge in [0.15, 0.2) is 0 Å². The molecule has 0 spiro atoms. The van der Waals surface area contributed by atoms with Crippen molar-refractivity contribution in [3.05, 3.63) is 29.3 Å². The highest BCUT2D eigenvalue weighted by atomic mass is 35.5. The molecule has 2 rings (SSSR count). The first-order valence-electron chi connectivity index (χ1n) is 6.01. The van der Waals surface area contributed by atoms with Crippen LogP contribution in [0, 0.1) is 0 Å². The lowest BCUT2D eigenvalue weighted by atomic mass is 9.91. The van der Waals surface area contributed by atoms with Crippen LogP contribution in [0.4, 0.5) is 5.69 Å². The van der Waals surface area contributed by atoms with Crippen LogP contribution < -0.4 is 10.2 Å². The Labute approximate surface area is 107 Å². The summed E-state index contributed by atoms with van der Waals surface area (Å²) in [6.07, 6.45) is 1.55. The first-order valence-corrected chi connectivity index (χ1v) is 6.39. The van der Waals surface area contributed by atoms with E-state index in [2.05, 4.69) is 10.2 Å². The molecule has 2 N–H and O–H groups in total. The van der Waals surface area contributed by atoms with Crippen LogP contribution in [0.1, 0.15) is 12.8 Å². The molecule has 1 aliphatic rings. The van der Waals surface area contributed by atoms with Gasteiger partial charge in [-0.1, -0.05) is 23.7 Å². The molecule has 0 atom stereocenters. The molecule has 1 saturated heterocycles. The van der Waals surface area contributed by atoms with Crippen molar-refractivity contribution in [3.63, 3.8) is 0 Å². The fraction of sp³-hybridized carbons (Fsp3) is 0.538. The number of anilines is 1. The summed E-state index contributed by atoms with van der Waals surface area (Å²) >= 11 is 6.17. The minimum Gasteiger partial charge on any atom is -0.388 e. The van der Waals surface area contributed by atoms with Crippen molar-refractivity contribution < 1.29 is 5.11 Å². The SMILES string of the molecule is CNCC1(O)CCN(c2ccccc2Cl)CC1. The molecule has 0 bridgehead atoms. The minimum absolute atomic E-state index is 0.563. The third kappa shape index (κ3) is 2.92. The fourth-order valence-electron chi connectivity index (χ4n) is 2.38. The molecule has 1 heterocycles. The van der Waals surface area contributed by atoms with E-state index < -0.39 is 5.60 Å². The van der Waals surface area contributed by atoms with Gasteiger partial charge in [0, 0.05) is 19.6 Å². The molecule has 0 saturated carbocycles. The van der Waals surface area contributed by atoms with E-state index >= 15 is 0 Å². The number of nitrogens with one attached hydrogen (secondary N) is 1. The third-order valence-corrected chi connectivity index (χ3v) is 3.71. The molecule has 1 aliphatic heterocycles. The van der Waals surface area contributed by atoms with Crippen molar-refractivity contribution in [2.75, 3.05) is 31.6 Å². The van der Waals surface area contributed by atoms with Crippen LogP contribution in [-0.2, 0) is 0 Å². The van der Waals surface area contributed by atoms with Crippen molar-refractivity contribution in [1.29, 1.82) is 0 Å². The summed E-state index contributed by atoms with van der Waals surface area (Å²) in [4.78, 5) is 2.24. The predicted molar refractivity (Wildman–Crippen MR) is 71.8 cm³/mol. The van der Waals surface area contributed by atoms with Crippen molar-refractivity contribution >= 4 is 17.3 Å². The molecule has 0 aliphatic carbocycles. The van der Waals surface area contributed by atoms with Gasteiger partial charge in [-0.3, -0.25) is 0 Å². The molecule has 0 aromatic heterocycles. The standard InChI is InChI=1S/C13H19ClN2O/c1-15-10-13(17)6-8-16(9-7-13)12-5-3-2-4-11(12)14/h2-5,15,17H,6-10H2,1H3. The maximum atomic E-state index is 10.3. The molecule has 17 heavy (non-hydrogen) atoms. The van der Waals surface area contributed by atoms with Gasteiger partial charge < -0.3 is 15.3 Å². The number of nitrogens with zero attached hydrogens (tertiary/aromatic N) is 1. The van der Waals surface area contributed by atoms with E-state index in [-0.39, 0.29) is 0 Å². The third-order valence-electron chi connectivity index (χ3n) is 3.39. The highest BCUT2D eigenvalue weighted by molar-refractivity contribution is 6.33. The fourth-order valence-corrected chi connectivity index (χ4v) is 2.63. The minimum atomic E-state index is -0.563. The first-order chi connectivity index (χ1) is 8.14. The average Bonchev–Trinajstić information content (AvgIpc) is 2.31. The Morgan fingerprint density at radius 3 is 2.59 bits per heavy atom. The second kappa shape index (κ2) is 5.25. The molecular formula is C13H19ClN2O. The molecule has 1 fully saturated rings. The van der Waals surface area contributed by atoms with E-state index in [9.17, 15) is 5.11 Å². The average molecular weight is 255 g/mol. The number of halogens is 1. The van der Waals surface area contributed by atoms with Crippen LogP contribution in [0.25, 0.3) is 0 Å². The first kappa shape index (κ1) is 12.7. The van der Waals surface area contributed by atoms with Gasteiger partial charge in [0.25, 0.3) is 0 Å². The number of benzene rings is 1. The van der Waals surface area contributed by atoms with Gasteiger partial charge in [-0.2, -0.15) is 0 Å². The Bertz CT molecular complexity index is 375. The van der Waals surface area contributed by atoms with Gasteiger partial charge in [-0.25, -0.2) is 0 Å². The van der Waals surface area contributed by atoms with Crippen LogP contribution >= 0.6 is 11.6 Å². The number of likely N-dealkylation sites (N-methyl/N-ethyl adjacent to an activating group) is 1. The Kier molecular flexibility index (Phi) is 3.92. The van der Waals surface area contributed by atoms with E-state index in [1.807, 2.05) is 31.3 Å². The van der Waals surface area contributed by atoms with Crippen molar-refractivity contribution in [3.8, 4) is 0 Å². The summed E-state index contributed by atoms with van der Waals surface area (Å²) in [6, 6.07) is 7.87. The largest absolute Gasteiger partial charge is 0.388 e. The Balaban J connectivity index is 2.02. The summed E-state index contributed by atoms with van der Waals surface area (Å²) < 4.78 is 0. The summed E-state index contributed by atoms with van der Waals surface area (Å²) in [5.74, 6) is 0. The normalized spacial score (nSPS) is 19.4. The molecule has 3 nitrogen and oxygen atoms in total. The smallest absolute Gasteiger partial charge is 0.0805 e. The van der Waals surface area contributed by atoms with E-state index in [0.717, 1.165) is 36.6 Å². The Hall–Kier alpha value is -0.770. The van der Waals surface area contributed by atoms with Gasteiger partial charge >= 0.3 is 0 Å². The van der Waals surface area contributed by atoms with Gasteiger partial charge in [0.1, 0.15) is 0 Å². The van der Waals surface area contributed by atoms with Crippen LogP contribution in [0.15, 0.2) is 24.3 Å². The lowest BCUT2D eigenvalue weighted by Gasteiger charge is -2.39. The molecule has 1 aromatic carbocycles. The lowest BCUT2D eigenvalue weighted by Crippen LogP contribution is -2.49. The second-order valence-corrected chi connectivity index (χ2v) is 5.10. The molecule has 0 unspecified atom stereocenters. The van der Waals surface area contributed by atoms with E-state index in [4.69, 9.17) is 11.6 Å². The molecule has 0 radical (unpaired) electrons. The van der Waals surface area contributed by atoms with Crippen molar-refractivity contribution in [1.82, 2.24) is 5.32 Å². The maximum Gasteiger partial charge on any atom is 0.0805 e. The topological polar surface area (TPSA) is 35.5 Å². The molecule has 4 heteroatoms. The summed E-state index contributed by atoms with van der Waals surface area (Å²) in [6.45, 7) is 2.35. The van der Waals surface area contributed by atoms with Crippen molar-refractivity contribution in [2.45, 2.75) is 18.4 Å². The Morgan fingerprint density at radius 2 is 2.00 bits per heavy atom. The van der Waals surface area contributed by atoms with Crippen LogP contribution in [0.5, 0.6) is 0 Å². The lowest BCUT2D eigenvalue weighted by molar-refractivity contribution is 0.0185. The van der Waals surface area contributed by atoms with Crippen LogP contribution in [0.2, 0.25) is 5.02 Å². The quantitative estimate of drug-likeness (QED) is 0.865. The van der Waals surface area contributed by atoms with Crippen LogP contribution in [-0.4, -0.2) is 37.4 Å². The highest BCUT2D eigenvalue weighted by Crippen LogP contribution is 2.30. The summed E-state index contributed by atoms with van der Waals surface area (Å²) in [5.41, 5.74) is 0.507. The van der Waals surface area contributed by atoms with Gasteiger partial charge in [0.2, 0.25) is 0 Å². The summed E-state index contributed by atoms with van der Waals surface area (Å²) in [7, 11) is 1.87. The second-order valence-electron chi connectivity index (χ2n) is 4.69. The maximum absolute atomic E-state index is 10.3. The number of rotatable bonds is 3. The van der Waals surface area contributed by atoms with E-state index in [0.29, 0.717) is 6.54 Å². The van der Waals surface area contributed by atoms with E-state index in [1.54, 1.807) is 0 Å². The number of piperidine rings is 1. The van der Waals surface area contributed by atoms with Crippen LogP contribution in [0.3, 0.4) is 0 Å². The zero-order valence-corrected chi connectivity index (χ0v) is 10.9. The number of aliphatic hydroxyl groups is 1. The predicted octanol–water partition coefficient (Wildman–Crippen LogP) is 1.89.